The van der Waals surface area contributed by atoms with Crippen LogP contribution >= 0.6 is 0 Å². The van der Waals surface area contributed by atoms with Gasteiger partial charge in [-0.3, -0.25) is 0 Å². The summed E-state index contributed by atoms with van der Waals surface area (Å²) in [7, 11) is 0. The summed E-state index contributed by atoms with van der Waals surface area (Å²) in [6, 6.07) is 3.85. The van der Waals surface area contributed by atoms with Gasteiger partial charge in [-0.2, -0.15) is 10.4 Å². The van der Waals surface area contributed by atoms with Crippen LogP contribution in [0.2, 0.25) is 0 Å². The summed E-state index contributed by atoms with van der Waals surface area (Å²) in [4.78, 5) is 0. The molecule has 0 bridgehead atoms. The van der Waals surface area contributed by atoms with Crippen molar-refractivity contribution in [2.45, 2.75) is 26.3 Å². The van der Waals surface area contributed by atoms with Gasteiger partial charge < -0.3 is 10.2 Å². The van der Waals surface area contributed by atoms with Crippen LogP contribution in [-0.2, 0) is 5.54 Å². The zero-order chi connectivity index (χ0) is 12.6. The Kier molecular flexibility index (Phi) is 2.43. The lowest BCUT2D eigenvalue weighted by Gasteiger charge is -2.20. The SMILES string of the molecule is CC(C)(C)n1nc(-c2ccoc2)c(C#N)c1N. The summed E-state index contributed by atoms with van der Waals surface area (Å²) in [6.45, 7) is 5.95. The molecule has 0 atom stereocenters. The first kappa shape index (κ1) is 11.3. The summed E-state index contributed by atoms with van der Waals surface area (Å²) < 4.78 is 6.66. The molecule has 17 heavy (non-hydrogen) atoms. The van der Waals surface area contributed by atoms with E-state index in [1.165, 1.54) is 0 Å². The van der Waals surface area contributed by atoms with Gasteiger partial charge in [0.1, 0.15) is 23.1 Å². The fourth-order valence-electron chi connectivity index (χ4n) is 1.65. The molecule has 0 aliphatic carbocycles. The molecule has 0 unspecified atom stereocenters. The van der Waals surface area contributed by atoms with Gasteiger partial charge in [-0.25, -0.2) is 4.68 Å². The molecule has 0 saturated carbocycles. The molecule has 0 fully saturated rings. The Hall–Kier alpha value is -2.22. The smallest absolute Gasteiger partial charge is 0.141 e. The van der Waals surface area contributed by atoms with E-state index in [-0.39, 0.29) is 5.54 Å². The van der Waals surface area contributed by atoms with Crippen LogP contribution in [0.25, 0.3) is 11.3 Å². The minimum atomic E-state index is -0.266. The zero-order valence-corrected chi connectivity index (χ0v) is 10.1. The monoisotopic (exact) mass is 230 g/mol. The topological polar surface area (TPSA) is 80.8 Å². The zero-order valence-electron chi connectivity index (χ0n) is 10.1. The summed E-state index contributed by atoms with van der Waals surface area (Å²) in [5.41, 5.74) is 7.40. The van der Waals surface area contributed by atoms with Gasteiger partial charge in [0.2, 0.25) is 0 Å². The number of nitrogens with zero attached hydrogens (tertiary/aromatic N) is 3. The van der Waals surface area contributed by atoms with Crippen LogP contribution in [0.1, 0.15) is 26.3 Å². The first-order valence-corrected chi connectivity index (χ1v) is 5.27. The molecule has 0 aromatic carbocycles. The maximum atomic E-state index is 9.16. The number of hydrogen-bond donors (Lipinski definition) is 1. The fraction of sp³-hybridized carbons (Fsp3) is 0.333. The Morgan fingerprint density at radius 2 is 2.18 bits per heavy atom. The number of nitriles is 1. The van der Waals surface area contributed by atoms with Gasteiger partial charge in [-0.15, -0.1) is 0 Å². The summed E-state index contributed by atoms with van der Waals surface area (Å²) >= 11 is 0. The third-order valence-electron chi connectivity index (χ3n) is 2.46. The molecule has 0 aliphatic heterocycles. The lowest BCUT2D eigenvalue weighted by molar-refractivity contribution is 0.362. The normalized spacial score (nSPS) is 11.4. The molecule has 88 valence electrons. The van der Waals surface area contributed by atoms with E-state index in [0.29, 0.717) is 17.1 Å². The van der Waals surface area contributed by atoms with Crippen molar-refractivity contribution >= 4 is 5.82 Å². The average Bonchev–Trinajstić information content (AvgIpc) is 2.82. The third kappa shape index (κ3) is 1.78. The number of nitrogens with two attached hydrogens (primary N) is 1. The van der Waals surface area contributed by atoms with Crippen LogP contribution in [0, 0.1) is 11.3 Å². The second kappa shape index (κ2) is 3.67. The van der Waals surface area contributed by atoms with Gasteiger partial charge in [0.15, 0.2) is 0 Å². The van der Waals surface area contributed by atoms with E-state index in [0.717, 1.165) is 5.56 Å². The lowest BCUT2D eigenvalue weighted by Crippen LogP contribution is -2.24. The van der Waals surface area contributed by atoms with E-state index in [1.54, 1.807) is 23.3 Å². The Balaban J connectivity index is 2.67. The predicted octanol–water partition coefficient (Wildman–Crippen LogP) is 2.35. The highest BCUT2D eigenvalue weighted by molar-refractivity contribution is 5.72. The molecule has 2 N–H and O–H groups in total. The summed E-state index contributed by atoms with van der Waals surface area (Å²) in [6.07, 6.45) is 3.10. The van der Waals surface area contributed by atoms with E-state index in [2.05, 4.69) is 11.2 Å². The molecule has 2 aromatic heterocycles. The van der Waals surface area contributed by atoms with Gasteiger partial charge in [0, 0.05) is 5.56 Å². The molecule has 2 rings (SSSR count). The average molecular weight is 230 g/mol. The summed E-state index contributed by atoms with van der Waals surface area (Å²) in [5, 5.41) is 13.6. The number of aromatic nitrogens is 2. The Bertz CT molecular complexity index is 567. The number of nitrogen functional groups attached to an aromatic ring is 1. The van der Waals surface area contributed by atoms with Gasteiger partial charge in [0.25, 0.3) is 0 Å². The second-order valence-corrected chi connectivity index (χ2v) is 4.82. The second-order valence-electron chi connectivity index (χ2n) is 4.82. The molecule has 0 saturated heterocycles. The van der Waals surface area contributed by atoms with Crippen LogP contribution in [0.5, 0.6) is 0 Å². The maximum absolute atomic E-state index is 9.16. The molecule has 5 heteroatoms. The van der Waals surface area contributed by atoms with Crippen LogP contribution in [0.3, 0.4) is 0 Å². The van der Waals surface area contributed by atoms with Gasteiger partial charge >= 0.3 is 0 Å². The van der Waals surface area contributed by atoms with Crippen molar-refractivity contribution in [3.8, 4) is 17.3 Å². The molecule has 5 nitrogen and oxygen atoms in total. The van der Waals surface area contributed by atoms with Crippen molar-refractivity contribution in [1.82, 2.24) is 9.78 Å². The highest BCUT2D eigenvalue weighted by atomic mass is 16.3. The minimum absolute atomic E-state index is 0.266. The van der Waals surface area contributed by atoms with Crippen molar-refractivity contribution in [3.05, 3.63) is 24.2 Å². The first-order valence-electron chi connectivity index (χ1n) is 5.27. The Morgan fingerprint density at radius 1 is 1.47 bits per heavy atom. The molecule has 0 spiro atoms. The van der Waals surface area contributed by atoms with Gasteiger partial charge in [0.05, 0.1) is 18.1 Å². The van der Waals surface area contributed by atoms with Crippen LogP contribution < -0.4 is 5.73 Å². The quantitative estimate of drug-likeness (QED) is 0.815. The largest absolute Gasteiger partial charge is 0.472 e. The van der Waals surface area contributed by atoms with Crippen molar-refractivity contribution in [3.63, 3.8) is 0 Å². The van der Waals surface area contributed by atoms with E-state index < -0.39 is 0 Å². The highest BCUT2D eigenvalue weighted by Crippen LogP contribution is 2.30. The standard InChI is InChI=1S/C12H14N4O/c1-12(2,3)16-11(14)9(6-13)10(15-16)8-4-5-17-7-8/h4-5,7H,14H2,1-3H3. The molecule has 2 aromatic rings. The fourth-order valence-corrected chi connectivity index (χ4v) is 1.65. The Labute approximate surface area is 99.4 Å². The number of hydrogen-bond acceptors (Lipinski definition) is 4. The molecule has 2 heterocycles. The number of furan rings is 1. The van der Waals surface area contributed by atoms with E-state index in [4.69, 9.17) is 15.4 Å². The molecular formula is C12H14N4O. The minimum Gasteiger partial charge on any atom is -0.472 e. The summed E-state index contributed by atoms with van der Waals surface area (Å²) in [5.74, 6) is 0.385. The van der Waals surface area contributed by atoms with Gasteiger partial charge in [-0.05, 0) is 26.8 Å². The number of anilines is 1. The third-order valence-corrected chi connectivity index (χ3v) is 2.46. The van der Waals surface area contributed by atoms with E-state index >= 15 is 0 Å². The molecule has 0 aliphatic rings. The predicted molar refractivity (Wildman–Crippen MR) is 64.1 cm³/mol. The van der Waals surface area contributed by atoms with Crippen LogP contribution in [-0.4, -0.2) is 9.78 Å². The number of rotatable bonds is 1. The van der Waals surface area contributed by atoms with Crippen molar-refractivity contribution < 1.29 is 4.42 Å². The van der Waals surface area contributed by atoms with E-state index in [1.807, 2.05) is 20.8 Å². The lowest BCUT2D eigenvalue weighted by atomic mass is 10.1. The van der Waals surface area contributed by atoms with E-state index in [9.17, 15) is 0 Å². The van der Waals surface area contributed by atoms with Crippen molar-refractivity contribution in [2.24, 2.45) is 0 Å². The van der Waals surface area contributed by atoms with Gasteiger partial charge in [-0.1, -0.05) is 0 Å². The molecular weight excluding hydrogens is 216 g/mol. The van der Waals surface area contributed by atoms with Crippen molar-refractivity contribution in [1.29, 1.82) is 5.26 Å². The first-order chi connectivity index (χ1) is 7.95. The van der Waals surface area contributed by atoms with Crippen molar-refractivity contribution in [2.75, 3.05) is 5.73 Å². The van der Waals surface area contributed by atoms with Crippen LogP contribution in [0.15, 0.2) is 23.0 Å². The Morgan fingerprint density at radius 3 is 2.65 bits per heavy atom. The molecule has 0 amide bonds. The highest BCUT2D eigenvalue weighted by Gasteiger charge is 2.24. The molecule has 0 radical (unpaired) electrons. The van der Waals surface area contributed by atoms with Crippen LogP contribution in [0.4, 0.5) is 5.82 Å². The maximum Gasteiger partial charge on any atom is 0.141 e.